The second-order valence-electron chi connectivity index (χ2n) is 8.10. The maximum Gasteiger partial charge on any atom is 0.268 e. The van der Waals surface area contributed by atoms with Crippen molar-refractivity contribution in [2.45, 2.75) is 6.54 Å². The van der Waals surface area contributed by atoms with Gasteiger partial charge in [0.1, 0.15) is 17.2 Å². The zero-order chi connectivity index (χ0) is 25.5. The van der Waals surface area contributed by atoms with Gasteiger partial charge < -0.3 is 15.1 Å². The quantitative estimate of drug-likeness (QED) is 0.310. The molecule has 0 radical (unpaired) electrons. The van der Waals surface area contributed by atoms with Gasteiger partial charge >= 0.3 is 0 Å². The number of nitrogens with zero attached hydrogens (tertiary/aromatic N) is 3. The number of benzene rings is 2. The fraction of sp³-hybridized carbons (Fsp3) is 0.0345. The number of para-hydroxylation sites is 1. The summed E-state index contributed by atoms with van der Waals surface area (Å²) in [6.45, 7) is 0.170. The van der Waals surface area contributed by atoms with Crippen LogP contribution >= 0.6 is 0 Å². The van der Waals surface area contributed by atoms with Gasteiger partial charge in [-0.15, -0.1) is 0 Å². The van der Waals surface area contributed by atoms with E-state index in [1.54, 1.807) is 59.5 Å². The predicted octanol–water partition coefficient (Wildman–Crippen LogP) is 4.61. The topological polar surface area (TPSA) is 102 Å². The molecule has 2 amide bonds. The third kappa shape index (κ3) is 5.71. The number of furan rings is 1. The van der Waals surface area contributed by atoms with Crippen molar-refractivity contribution >= 4 is 17.9 Å². The molecule has 8 nitrogen and oxygen atoms in total. The Morgan fingerprint density at radius 3 is 2.41 bits per heavy atom. The lowest BCUT2D eigenvalue weighted by Gasteiger charge is -2.11. The molecule has 0 fully saturated rings. The van der Waals surface area contributed by atoms with Gasteiger partial charge in [0.25, 0.3) is 11.8 Å². The van der Waals surface area contributed by atoms with Gasteiger partial charge in [-0.1, -0.05) is 36.4 Å². The Morgan fingerprint density at radius 2 is 1.70 bits per heavy atom. The lowest BCUT2D eigenvalue weighted by Crippen LogP contribution is -2.34. The van der Waals surface area contributed by atoms with E-state index in [0.29, 0.717) is 22.6 Å². The van der Waals surface area contributed by atoms with Gasteiger partial charge in [-0.3, -0.25) is 14.6 Å². The monoisotopic (exact) mass is 489 g/mol. The first-order chi connectivity index (χ1) is 18.2. The van der Waals surface area contributed by atoms with E-state index >= 15 is 0 Å². The van der Waals surface area contributed by atoms with Crippen molar-refractivity contribution in [1.82, 2.24) is 25.4 Å². The smallest absolute Gasteiger partial charge is 0.268 e. The average molecular weight is 490 g/mol. The number of carbonyl (C=O) groups is 2. The van der Waals surface area contributed by atoms with E-state index in [-0.39, 0.29) is 12.2 Å². The van der Waals surface area contributed by atoms with Crippen LogP contribution in [0, 0.1) is 0 Å². The van der Waals surface area contributed by atoms with Crippen molar-refractivity contribution in [3.63, 3.8) is 0 Å². The molecule has 0 bridgehead atoms. The molecule has 0 saturated carbocycles. The highest BCUT2D eigenvalue weighted by atomic mass is 16.3. The minimum absolute atomic E-state index is 0.0677. The van der Waals surface area contributed by atoms with Crippen LogP contribution in [0.1, 0.15) is 21.7 Å². The first-order valence-electron chi connectivity index (χ1n) is 11.6. The van der Waals surface area contributed by atoms with Crippen LogP contribution in [-0.4, -0.2) is 26.6 Å². The highest BCUT2D eigenvalue weighted by Crippen LogP contribution is 2.25. The number of hydrogen-bond donors (Lipinski definition) is 2. The van der Waals surface area contributed by atoms with E-state index < -0.39 is 11.8 Å². The summed E-state index contributed by atoms with van der Waals surface area (Å²) in [5.74, 6) is -0.279. The van der Waals surface area contributed by atoms with Crippen LogP contribution in [0.4, 0.5) is 0 Å². The SMILES string of the molecule is O=C(NCc1ccco1)/C(=C/c1cn(-c2ccccc2)nc1-c1cccnc1)NC(=O)c1ccccc1. The number of carbonyl (C=O) groups excluding carboxylic acids is 2. The van der Waals surface area contributed by atoms with Gasteiger partial charge in [0, 0.05) is 35.3 Å². The Bertz CT molecular complexity index is 1510. The van der Waals surface area contributed by atoms with Gasteiger partial charge in [0.2, 0.25) is 0 Å². The molecule has 0 saturated heterocycles. The zero-order valence-corrected chi connectivity index (χ0v) is 19.7. The summed E-state index contributed by atoms with van der Waals surface area (Å²) in [6, 6.07) is 25.6. The highest BCUT2D eigenvalue weighted by molar-refractivity contribution is 6.05. The summed E-state index contributed by atoms with van der Waals surface area (Å²) >= 11 is 0. The van der Waals surface area contributed by atoms with Crippen LogP contribution in [0.2, 0.25) is 0 Å². The molecule has 5 aromatic rings. The fourth-order valence-electron chi connectivity index (χ4n) is 3.71. The predicted molar refractivity (Wildman–Crippen MR) is 139 cm³/mol. The number of amides is 2. The summed E-state index contributed by atoms with van der Waals surface area (Å²) in [7, 11) is 0. The summed E-state index contributed by atoms with van der Waals surface area (Å²) in [5.41, 5.74) is 3.37. The number of aromatic nitrogens is 3. The Morgan fingerprint density at radius 1 is 0.919 bits per heavy atom. The van der Waals surface area contributed by atoms with Gasteiger partial charge in [0.05, 0.1) is 18.5 Å². The third-order valence-corrected chi connectivity index (χ3v) is 5.53. The number of pyridine rings is 1. The fourth-order valence-corrected chi connectivity index (χ4v) is 3.71. The minimum atomic E-state index is -0.467. The molecule has 0 unspecified atom stereocenters. The lowest BCUT2D eigenvalue weighted by molar-refractivity contribution is -0.118. The molecular weight excluding hydrogens is 466 g/mol. The van der Waals surface area contributed by atoms with Crippen LogP contribution in [0.5, 0.6) is 0 Å². The van der Waals surface area contributed by atoms with Crippen molar-refractivity contribution in [3.05, 3.63) is 132 Å². The van der Waals surface area contributed by atoms with E-state index in [0.717, 1.165) is 11.3 Å². The van der Waals surface area contributed by atoms with Crippen molar-refractivity contribution in [1.29, 1.82) is 0 Å². The summed E-state index contributed by atoms with van der Waals surface area (Å²) in [5, 5.41) is 10.3. The molecule has 37 heavy (non-hydrogen) atoms. The van der Waals surface area contributed by atoms with Crippen molar-refractivity contribution in [2.24, 2.45) is 0 Å². The normalized spacial score (nSPS) is 11.2. The number of hydrogen-bond acceptors (Lipinski definition) is 5. The third-order valence-electron chi connectivity index (χ3n) is 5.53. The minimum Gasteiger partial charge on any atom is -0.467 e. The number of nitrogens with one attached hydrogen (secondary N) is 2. The van der Waals surface area contributed by atoms with Gasteiger partial charge in [-0.05, 0) is 54.6 Å². The van der Waals surface area contributed by atoms with Gasteiger partial charge in [-0.2, -0.15) is 5.10 Å². The standard InChI is InChI=1S/C29H23N5O3/c35-28(21-9-3-1-4-10-21)32-26(29(36)31-19-25-14-8-16-37-25)17-23-20-34(24-12-5-2-6-13-24)33-27(23)22-11-7-15-30-18-22/h1-18,20H,19H2,(H,31,36)(H,32,35)/b26-17-. The van der Waals surface area contributed by atoms with Gasteiger partial charge in [-0.25, -0.2) is 4.68 Å². The lowest BCUT2D eigenvalue weighted by atomic mass is 10.1. The highest BCUT2D eigenvalue weighted by Gasteiger charge is 2.18. The molecule has 5 rings (SSSR count). The van der Waals surface area contributed by atoms with Crippen LogP contribution in [-0.2, 0) is 11.3 Å². The maximum atomic E-state index is 13.3. The molecule has 0 spiro atoms. The molecular formula is C29H23N5O3. The average Bonchev–Trinajstić information content (AvgIpc) is 3.63. The summed E-state index contributed by atoms with van der Waals surface area (Å²) in [4.78, 5) is 30.5. The van der Waals surface area contributed by atoms with E-state index in [4.69, 9.17) is 9.52 Å². The van der Waals surface area contributed by atoms with E-state index in [1.807, 2.05) is 54.7 Å². The molecule has 0 aliphatic rings. The molecule has 0 atom stereocenters. The van der Waals surface area contributed by atoms with Crippen LogP contribution in [0.25, 0.3) is 23.0 Å². The second kappa shape index (κ2) is 11.0. The van der Waals surface area contributed by atoms with Crippen molar-refractivity contribution in [2.75, 3.05) is 0 Å². The molecule has 2 N–H and O–H groups in total. The molecule has 0 aliphatic carbocycles. The molecule has 2 aromatic carbocycles. The van der Waals surface area contributed by atoms with E-state index in [9.17, 15) is 9.59 Å². The van der Waals surface area contributed by atoms with Crippen LogP contribution in [0.3, 0.4) is 0 Å². The largest absolute Gasteiger partial charge is 0.467 e. The van der Waals surface area contributed by atoms with E-state index in [1.165, 1.54) is 6.26 Å². The Labute approximate surface area is 213 Å². The summed E-state index contributed by atoms with van der Waals surface area (Å²) < 4.78 is 7.05. The van der Waals surface area contributed by atoms with E-state index in [2.05, 4.69) is 15.6 Å². The Balaban J connectivity index is 1.54. The zero-order valence-electron chi connectivity index (χ0n) is 19.7. The molecule has 8 heteroatoms. The van der Waals surface area contributed by atoms with Crippen molar-refractivity contribution in [3.8, 4) is 16.9 Å². The first kappa shape index (κ1) is 23.5. The molecule has 3 heterocycles. The Hall–Kier alpha value is -5.24. The molecule has 3 aromatic heterocycles. The second-order valence-corrected chi connectivity index (χ2v) is 8.10. The Kier molecular flexibility index (Phi) is 6.99. The molecule has 0 aliphatic heterocycles. The summed E-state index contributed by atoms with van der Waals surface area (Å²) in [6.07, 6.45) is 8.35. The first-order valence-corrected chi connectivity index (χ1v) is 11.6. The van der Waals surface area contributed by atoms with Gasteiger partial charge in [0.15, 0.2) is 0 Å². The molecule has 182 valence electrons. The number of rotatable bonds is 8. The van der Waals surface area contributed by atoms with Crippen LogP contribution < -0.4 is 10.6 Å². The van der Waals surface area contributed by atoms with Crippen molar-refractivity contribution < 1.29 is 14.0 Å². The maximum absolute atomic E-state index is 13.3. The van der Waals surface area contributed by atoms with Crippen LogP contribution in [0.15, 0.2) is 120 Å².